The van der Waals surface area contributed by atoms with Crippen LogP contribution in [0.15, 0.2) is 12.1 Å². The summed E-state index contributed by atoms with van der Waals surface area (Å²) in [4.78, 5) is 30.1. The predicted octanol–water partition coefficient (Wildman–Crippen LogP) is 3.58. The lowest BCUT2D eigenvalue weighted by atomic mass is 10.1. The largest absolute Gasteiger partial charge is 0.481 e. The fourth-order valence-electron chi connectivity index (χ4n) is 2.04. The maximum absolute atomic E-state index is 12.7. The molecule has 0 fully saturated rings. The highest BCUT2D eigenvalue weighted by molar-refractivity contribution is 5.75. The number of alkyl halides is 3. The van der Waals surface area contributed by atoms with E-state index in [9.17, 15) is 38.2 Å². The molecule has 0 radical (unpaired) electrons. The van der Waals surface area contributed by atoms with E-state index in [1.807, 2.05) is 0 Å². The topological polar surface area (TPSA) is 136 Å². The molecule has 12 heteroatoms. The minimum absolute atomic E-state index is 0.00661. The molecule has 0 aliphatic rings. The average Bonchev–Trinajstić information content (AvgIpc) is 2.48. The second kappa shape index (κ2) is 8.26. The summed E-state index contributed by atoms with van der Waals surface area (Å²) in [5, 5.41) is 32.9. The second-order valence-corrected chi connectivity index (χ2v) is 5.03. The summed E-state index contributed by atoms with van der Waals surface area (Å²) in [6.07, 6.45) is -3.93. The van der Waals surface area contributed by atoms with Gasteiger partial charge < -0.3 is 10.4 Å². The number of halogens is 3. The van der Waals surface area contributed by atoms with Crippen molar-refractivity contribution >= 4 is 23.0 Å². The zero-order valence-electron chi connectivity index (χ0n) is 12.7. The van der Waals surface area contributed by atoms with E-state index in [0.717, 1.165) is 0 Å². The minimum Gasteiger partial charge on any atom is -0.481 e. The van der Waals surface area contributed by atoms with Gasteiger partial charge >= 0.3 is 12.1 Å². The van der Waals surface area contributed by atoms with Crippen molar-refractivity contribution in [1.29, 1.82) is 0 Å². The summed E-state index contributed by atoms with van der Waals surface area (Å²) >= 11 is 0. The summed E-state index contributed by atoms with van der Waals surface area (Å²) in [5.41, 5.74) is -4.20. The number of hydrogen-bond donors (Lipinski definition) is 2. The van der Waals surface area contributed by atoms with E-state index in [0.29, 0.717) is 19.3 Å². The number of unbranched alkanes of at least 4 members (excludes halogenated alkanes) is 2. The van der Waals surface area contributed by atoms with Crippen LogP contribution in [0.4, 0.5) is 30.2 Å². The van der Waals surface area contributed by atoms with E-state index in [1.165, 1.54) is 0 Å². The van der Waals surface area contributed by atoms with Crippen molar-refractivity contribution in [3.8, 4) is 0 Å². The first-order valence-electron chi connectivity index (χ1n) is 7.03. The molecule has 2 N–H and O–H groups in total. The molecule has 0 saturated heterocycles. The maximum Gasteiger partial charge on any atom is 0.416 e. The Kier molecular flexibility index (Phi) is 6.65. The van der Waals surface area contributed by atoms with Crippen molar-refractivity contribution in [3.05, 3.63) is 37.9 Å². The lowest BCUT2D eigenvalue weighted by molar-refractivity contribution is -0.392. The van der Waals surface area contributed by atoms with E-state index < -0.39 is 44.6 Å². The molecule has 1 aromatic carbocycles. The number of aliphatic carboxylic acids is 1. The fraction of sp³-hybridized carbons (Fsp3) is 0.462. The van der Waals surface area contributed by atoms with Gasteiger partial charge in [0.1, 0.15) is 0 Å². The van der Waals surface area contributed by atoms with Crippen molar-refractivity contribution in [3.63, 3.8) is 0 Å². The van der Waals surface area contributed by atoms with Crippen LogP contribution < -0.4 is 5.32 Å². The molecule has 0 bridgehead atoms. The zero-order valence-corrected chi connectivity index (χ0v) is 12.7. The van der Waals surface area contributed by atoms with E-state index in [1.54, 1.807) is 0 Å². The van der Waals surface area contributed by atoms with Crippen LogP contribution in [0.3, 0.4) is 0 Å². The van der Waals surface area contributed by atoms with Gasteiger partial charge in [-0.2, -0.15) is 13.2 Å². The third-order valence-electron chi connectivity index (χ3n) is 3.19. The van der Waals surface area contributed by atoms with E-state index in [2.05, 4.69) is 5.32 Å². The number of hydrogen-bond acceptors (Lipinski definition) is 6. The van der Waals surface area contributed by atoms with Gasteiger partial charge in [0.2, 0.25) is 0 Å². The molecule has 0 amide bonds. The number of nitrogens with one attached hydrogen (secondary N) is 1. The lowest BCUT2D eigenvalue weighted by Gasteiger charge is -2.11. The Balaban J connectivity index is 3.01. The molecule has 0 spiro atoms. The van der Waals surface area contributed by atoms with E-state index >= 15 is 0 Å². The number of nitrogens with zero attached hydrogens (tertiary/aromatic N) is 2. The van der Waals surface area contributed by atoms with E-state index in [-0.39, 0.29) is 25.1 Å². The molecule has 0 aliphatic heterocycles. The van der Waals surface area contributed by atoms with Crippen LogP contribution in [0.2, 0.25) is 0 Å². The monoisotopic (exact) mass is 365 g/mol. The SMILES string of the molecule is O=C(O)CCCCCNc1c([N+](=O)[O-])cc(C(F)(F)F)cc1[N+](=O)[O-]. The molecular formula is C13H14F3N3O6. The van der Waals surface area contributed by atoms with Crippen LogP contribution in [-0.4, -0.2) is 27.5 Å². The number of carboxylic acid groups (broad SMARTS) is 1. The molecular weight excluding hydrogens is 351 g/mol. The van der Waals surface area contributed by atoms with Gasteiger partial charge in [-0.15, -0.1) is 0 Å². The van der Waals surface area contributed by atoms with E-state index in [4.69, 9.17) is 5.11 Å². The minimum atomic E-state index is -4.97. The third kappa shape index (κ3) is 5.90. The van der Waals surface area contributed by atoms with Gasteiger partial charge in [-0.1, -0.05) is 6.42 Å². The number of nitro groups is 2. The van der Waals surface area contributed by atoms with Gasteiger partial charge in [0, 0.05) is 25.1 Å². The summed E-state index contributed by atoms with van der Waals surface area (Å²) in [6, 6.07) is 0.472. The molecule has 0 aromatic heterocycles. The Morgan fingerprint density at radius 2 is 1.60 bits per heavy atom. The Hall–Kier alpha value is -2.92. The normalized spacial score (nSPS) is 11.2. The molecule has 0 aliphatic carbocycles. The van der Waals surface area contributed by atoms with Crippen LogP contribution >= 0.6 is 0 Å². The molecule has 1 aromatic rings. The zero-order chi connectivity index (χ0) is 19.2. The molecule has 0 atom stereocenters. The van der Waals surface area contributed by atoms with Crippen LogP contribution in [-0.2, 0) is 11.0 Å². The third-order valence-corrected chi connectivity index (χ3v) is 3.19. The molecule has 9 nitrogen and oxygen atoms in total. The molecule has 25 heavy (non-hydrogen) atoms. The van der Waals surface area contributed by atoms with Crippen molar-refractivity contribution < 1.29 is 32.9 Å². The van der Waals surface area contributed by atoms with Gasteiger partial charge in [0.15, 0.2) is 5.69 Å². The van der Waals surface area contributed by atoms with Crippen LogP contribution in [0.1, 0.15) is 31.2 Å². The van der Waals surface area contributed by atoms with Crippen LogP contribution in [0, 0.1) is 20.2 Å². The van der Waals surface area contributed by atoms with Gasteiger partial charge in [-0.25, -0.2) is 0 Å². The van der Waals surface area contributed by atoms with Gasteiger partial charge in [-0.3, -0.25) is 25.0 Å². The quantitative estimate of drug-likeness (QED) is 0.388. The van der Waals surface area contributed by atoms with Crippen LogP contribution in [0.25, 0.3) is 0 Å². The smallest absolute Gasteiger partial charge is 0.416 e. The Bertz CT molecular complexity index is 642. The van der Waals surface area contributed by atoms with Crippen molar-refractivity contribution in [2.24, 2.45) is 0 Å². The second-order valence-electron chi connectivity index (χ2n) is 5.03. The average molecular weight is 365 g/mol. The summed E-state index contributed by atoms with van der Waals surface area (Å²) in [5.74, 6) is -0.984. The Morgan fingerprint density at radius 1 is 1.08 bits per heavy atom. The summed E-state index contributed by atoms with van der Waals surface area (Å²) in [6.45, 7) is 0.00661. The Labute approximate surface area is 138 Å². The fourth-order valence-corrected chi connectivity index (χ4v) is 2.04. The Morgan fingerprint density at radius 3 is 2.00 bits per heavy atom. The molecule has 0 heterocycles. The lowest BCUT2D eigenvalue weighted by Crippen LogP contribution is -2.11. The standard InChI is InChI=1S/C13H14F3N3O6/c14-13(15,16)8-6-9(18(22)23)12(10(7-8)19(24)25)17-5-3-1-2-4-11(20)21/h6-7,17H,1-5H2,(H,20,21). The van der Waals surface area contributed by atoms with Crippen LogP contribution in [0.5, 0.6) is 0 Å². The number of carboxylic acids is 1. The molecule has 1 rings (SSSR count). The highest BCUT2D eigenvalue weighted by Gasteiger charge is 2.37. The first kappa shape index (κ1) is 20.1. The number of carbonyl (C=O) groups is 1. The predicted molar refractivity (Wildman–Crippen MR) is 79.3 cm³/mol. The van der Waals surface area contributed by atoms with Crippen molar-refractivity contribution in [2.75, 3.05) is 11.9 Å². The van der Waals surface area contributed by atoms with Crippen molar-refractivity contribution in [1.82, 2.24) is 0 Å². The number of rotatable bonds is 9. The highest BCUT2D eigenvalue weighted by Crippen LogP contribution is 2.41. The number of benzene rings is 1. The van der Waals surface area contributed by atoms with Gasteiger partial charge in [0.25, 0.3) is 11.4 Å². The summed E-state index contributed by atoms with van der Waals surface area (Å²) < 4.78 is 38.2. The molecule has 0 saturated carbocycles. The summed E-state index contributed by atoms with van der Waals surface area (Å²) in [7, 11) is 0. The highest BCUT2D eigenvalue weighted by atomic mass is 19.4. The number of nitro benzene ring substituents is 2. The number of anilines is 1. The molecule has 138 valence electrons. The maximum atomic E-state index is 12.7. The first-order valence-corrected chi connectivity index (χ1v) is 7.03. The van der Waals surface area contributed by atoms with Gasteiger partial charge in [0.05, 0.1) is 15.4 Å². The first-order chi connectivity index (χ1) is 11.5. The molecule has 0 unspecified atom stereocenters. The van der Waals surface area contributed by atoms with Gasteiger partial charge in [-0.05, 0) is 12.8 Å². The van der Waals surface area contributed by atoms with Crippen molar-refractivity contribution in [2.45, 2.75) is 31.9 Å².